The zero-order valence-corrected chi connectivity index (χ0v) is 16.0. The van der Waals surface area contributed by atoms with Crippen LogP contribution < -0.4 is 10.6 Å². The van der Waals surface area contributed by atoms with Crippen molar-refractivity contribution in [3.8, 4) is 0 Å². The first-order valence-corrected chi connectivity index (χ1v) is 9.15. The van der Waals surface area contributed by atoms with Gasteiger partial charge in [-0.3, -0.25) is 0 Å². The van der Waals surface area contributed by atoms with Crippen molar-refractivity contribution in [2.45, 2.75) is 32.6 Å². The van der Waals surface area contributed by atoms with Crippen molar-refractivity contribution in [2.75, 3.05) is 7.05 Å². The number of allylic oxidation sites excluding steroid dienone is 2. The lowest BCUT2D eigenvalue weighted by molar-refractivity contribution is 0.677. The van der Waals surface area contributed by atoms with Crippen molar-refractivity contribution >= 4 is 0 Å². The third kappa shape index (κ3) is 3.75. The van der Waals surface area contributed by atoms with Gasteiger partial charge in [0.25, 0.3) is 0 Å². The highest BCUT2D eigenvalue weighted by atomic mass is 14.9. The Hall–Kier alpha value is -2.74. The number of rotatable bonds is 4. The lowest BCUT2D eigenvalue weighted by Gasteiger charge is -2.31. The van der Waals surface area contributed by atoms with Gasteiger partial charge in [0, 0.05) is 30.6 Å². The van der Waals surface area contributed by atoms with Crippen LogP contribution in [-0.2, 0) is 6.42 Å². The standard InChI is InChI=1S/C24H28N2/c1-16-8-6-7-9-20(16)14-21-10-11-22(12-17(21)2)23-13-18(3)26-19(4)24(23)15-25-5/h6-12,15,23,25-26H,3-4,13-14H2,1-2,5H3/b24-15+. The Kier molecular flexibility index (Phi) is 5.32. The second-order valence-corrected chi connectivity index (χ2v) is 7.14. The molecular weight excluding hydrogens is 316 g/mol. The second-order valence-electron chi connectivity index (χ2n) is 7.14. The number of hydrogen-bond acceptors (Lipinski definition) is 2. The minimum atomic E-state index is 0.287. The maximum Gasteiger partial charge on any atom is 0.0362 e. The summed E-state index contributed by atoms with van der Waals surface area (Å²) in [6.45, 7) is 12.7. The van der Waals surface area contributed by atoms with Gasteiger partial charge < -0.3 is 10.6 Å². The summed E-state index contributed by atoms with van der Waals surface area (Å²) in [6.07, 6.45) is 3.91. The van der Waals surface area contributed by atoms with Crippen LogP contribution in [0.25, 0.3) is 0 Å². The van der Waals surface area contributed by atoms with Crippen LogP contribution in [0.4, 0.5) is 0 Å². The number of nitrogens with one attached hydrogen (secondary N) is 2. The third-order valence-electron chi connectivity index (χ3n) is 5.21. The minimum absolute atomic E-state index is 0.287. The second kappa shape index (κ2) is 7.65. The Morgan fingerprint density at radius 1 is 1.08 bits per heavy atom. The molecule has 2 nitrogen and oxygen atoms in total. The number of benzene rings is 2. The van der Waals surface area contributed by atoms with E-state index in [1.165, 1.54) is 33.4 Å². The van der Waals surface area contributed by atoms with Crippen molar-refractivity contribution in [3.05, 3.63) is 107 Å². The molecule has 1 unspecified atom stereocenters. The van der Waals surface area contributed by atoms with Crippen LogP contribution >= 0.6 is 0 Å². The number of piperidine rings is 1. The molecule has 2 N–H and O–H groups in total. The van der Waals surface area contributed by atoms with E-state index in [0.29, 0.717) is 0 Å². The van der Waals surface area contributed by atoms with E-state index in [1.54, 1.807) is 0 Å². The van der Waals surface area contributed by atoms with Gasteiger partial charge in [0.2, 0.25) is 0 Å². The van der Waals surface area contributed by atoms with Crippen LogP contribution in [0.3, 0.4) is 0 Å². The molecule has 0 bridgehead atoms. The largest absolute Gasteiger partial charge is 0.394 e. The van der Waals surface area contributed by atoms with E-state index in [2.05, 4.69) is 80.1 Å². The zero-order chi connectivity index (χ0) is 18.7. The van der Waals surface area contributed by atoms with E-state index in [4.69, 9.17) is 0 Å². The predicted molar refractivity (Wildman–Crippen MR) is 111 cm³/mol. The van der Waals surface area contributed by atoms with Crippen molar-refractivity contribution in [3.63, 3.8) is 0 Å². The summed E-state index contributed by atoms with van der Waals surface area (Å²) in [4.78, 5) is 0. The molecule has 0 radical (unpaired) electrons. The topological polar surface area (TPSA) is 24.1 Å². The summed E-state index contributed by atoms with van der Waals surface area (Å²) in [5.74, 6) is 0.287. The summed E-state index contributed by atoms with van der Waals surface area (Å²) in [7, 11) is 1.93. The van der Waals surface area contributed by atoms with Gasteiger partial charge in [-0.15, -0.1) is 0 Å². The lowest BCUT2D eigenvalue weighted by atomic mass is 9.82. The van der Waals surface area contributed by atoms with Crippen LogP contribution in [0.2, 0.25) is 0 Å². The monoisotopic (exact) mass is 344 g/mol. The quantitative estimate of drug-likeness (QED) is 0.806. The van der Waals surface area contributed by atoms with Gasteiger partial charge in [-0.1, -0.05) is 55.6 Å². The van der Waals surface area contributed by atoms with E-state index >= 15 is 0 Å². The van der Waals surface area contributed by atoms with Gasteiger partial charge >= 0.3 is 0 Å². The Bertz CT molecular complexity index is 874. The first kappa shape index (κ1) is 18.1. The van der Waals surface area contributed by atoms with Crippen molar-refractivity contribution in [1.82, 2.24) is 10.6 Å². The van der Waals surface area contributed by atoms with Crippen LogP contribution in [0.1, 0.15) is 40.2 Å². The van der Waals surface area contributed by atoms with Crippen LogP contribution in [0, 0.1) is 13.8 Å². The lowest BCUT2D eigenvalue weighted by Crippen LogP contribution is -2.25. The fourth-order valence-corrected chi connectivity index (χ4v) is 3.69. The molecule has 0 aliphatic carbocycles. The molecule has 2 heteroatoms. The van der Waals surface area contributed by atoms with Gasteiger partial charge in [-0.05, 0) is 60.1 Å². The normalized spacial score (nSPS) is 18.7. The molecule has 1 fully saturated rings. The van der Waals surface area contributed by atoms with E-state index < -0.39 is 0 Å². The number of aryl methyl sites for hydroxylation is 2. The van der Waals surface area contributed by atoms with E-state index in [-0.39, 0.29) is 5.92 Å². The highest BCUT2D eigenvalue weighted by molar-refractivity contribution is 5.47. The Balaban J connectivity index is 1.91. The smallest absolute Gasteiger partial charge is 0.0362 e. The Labute approximate surface area is 157 Å². The van der Waals surface area contributed by atoms with Crippen molar-refractivity contribution in [2.24, 2.45) is 0 Å². The number of hydrogen-bond donors (Lipinski definition) is 2. The fourth-order valence-electron chi connectivity index (χ4n) is 3.69. The van der Waals surface area contributed by atoms with Gasteiger partial charge in [0.15, 0.2) is 0 Å². The van der Waals surface area contributed by atoms with Crippen LogP contribution in [0.5, 0.6) is 0 Å². The first-order valence-electron chi connectivity index (χ1n) is 9.15. The highest BCUT2D eigenvalue weighted by Crippen LogP contribution is 2.37. The molecule has 1 aliphatic heterocycles. The highest BCUT2D eigenvalue weighted by Gasteiger charge is 2.25. The molecule has 0 spiro atoms. The molecule has 26 heavy (non-hydrogen) atoms. The first-order chi connectivity index (χ1) is 12.5. The fraction of sp³-hybridized carbons (Fsp3) is 0.250. The predicted octanol–water partition coefficient (Wildman–Crippen LogP) is 5.10. The molecule has 0 saturated carbocycles. The molecular formula is C24H28N2. The van der Waals surface area contributed by atoms with E-state index in [9.17, 15) is 0 Å². The molecule has 1 atom stereocenters. The Morgan fingerprint density at radius 3 is 2.50 bits per heavy atom. The SMILES string of the molecule is C=C1CC(c2ccc(Cc3ccccc3C)c(C)c2)/C(=C/NC)C(=C)N1. The molecule has 0 amide bonds. The van der Waals surface area contributed by atoms with Gasteiger partial charge in [0.05, 0.1) is 0 Å². The van der Waals surface area contributed by atoms with Crippen molar-refractivity contribution < 1.29 is 0 Å². The van der Waals surface area contributed by atoms with Crippen LogP contribution in [0.15, 0.2) is 78.8 Å². The van der Waals surface area contributed by atoms with Crippen molar-refractivity contribution in [1.29, 1.82) is 0 Å². The summed E-state index contributed by atoms with van der Waals surface area (Å²) >= 11 is 0. The molecule has 1 heterocycles. The third-order valence-corrected chi connectivity index (χ3v) is 5.21. The average Bonchev–Trinajstić information content (AvgIpc) is 2.60. The zero-order valence-electron chi connectivity index (χ0n) is 16.0. The van der Waals surface area contributed by atoms with Gasteiger partial charge in [-0.25, -0.2) is 0 Å². The van der Waals surface area contributed by atoms with E-state index in [0.717, 1.165) is 24.2 Å². The average molecular weight is 345 g/mol. The van der Waals surface area contributed by atoms with E-state index in [1.807, 2.05) is 13.2 Å². The van der Waals surface area contributed by atoms with Gasteiger partial charge in [0.1, 0.15) is 0 Å². The molecule has 1 saturated heterocycles. The molecule has 2 aromatic rings. The maximum atomic E-state index is 4.17. The maximum absolute atomic E-state index is 4.17. The molecule has 134 valence electrons. The van der Waals surface area contributed by atoms with Crippen LogP contribution in [-0.4, -0.2) is 7.05 Å². The summed E-state index contributed by atoms with van der Waals surface area (Å²) < 4.78 is 0. The van der Waals surface area contributed by atoms with Gasteiger partial charge in [-0.2, -0.15) is 0 Å². The summed E-state index contributed by atoms with van der Waals surface area (Å²) in [5, 5.41) is 6.44. The Morgan fingerprint density at radius 2 is 1.81 bits per heavy atom. The molecule has 3 rings (SSSR count). The molecule has 0 aromatic heterocycles. The summed E-state index contributed by atoms with van der Waals surface area (Å²) in [5.41, 5.74) is 9.94. The minimum Gasteiger partial charge on any atom is -0.394 e. The molecule has 2 aromatic carbocycles. The summed E-state index contributed by atoms with van der Waals surface area (Å²) in [6, 6.07) is 15.5. The molecule has 1 aliphatic rings.